The largest absolute Gasteiger partial charge is 0.513 e. The lowest BCUT2D eigenvalue weighted by molar-refractivity contribution is -0.137. The van der Waals surface area contributed by atoms with E-state index in [4.69, 9.17) is 47.4 Å². The Hall–Kier alpha value is -7.57. The number of fused-ring (bicyclic) bond motifs is 1. The number of ether oxygens (including phenoxy) is 11. The lowest BCUT2D eigenvalue weighted by atomic mass is 10.1. The van der Waals surface area contributed by atoms with Crippen molar-refractivity contribution in [2.45, 2.75) is 50.1 Å². The summed E-state index contributed by atoms with van der Waals surface area (Å²) in [7, 11) is 1.17. The molecule has 4 aromatic rings. The highest BCUT2D eigenvalue weighted by Crippen LogP contribution is 2.32. The molecular weight excluding hydrogens is 840 g/mol. The maximum Gasteiger partial charge on any atom is 0.513 e. The number of hydrogen-bond donors (Lipinski definition) is 0. The fraction of sp³-hybridized carbons (Fsp3) is 0.283. The molecule has 18 heteroatoms. The van der Waals surface area contributed by atoms with Gasteiger partial charge >= 0.3 is 42.2 Å². The van der Waals surface area contributed by atoms with E-state index in [1.165, 1.54) is 104 Å². The highest BCUT2D eigenvalue weighted by atomic mass is 16.7. The van der Waals surface area contributed by atoms with Crippen LogP contribution in [0.5, 0.6) is 23.0 Å². The van der Waals surface area contributed by atoms with Gasteiger partial charge in [0, 0.05) is 6.08 Å². The van der Waals surface area contributed by atoms with Gasteiger partial charge in [0.2, 0.25) is 0 Å². The fourth-order valence-corrected chi connectivity index (χ4v) is 6.22. The molecule has 0 N–H and O–H groups in total. The number of carbonyl (C=O) groups is 7. The number of carbonyl (C=O) groups excluding carboxylic acids is 7. The maximum atomic E-state index is 13.0. The predicted octanol–water partition coefficient (Wildman–Crippen LogP) is 6.62. The van der Waals surface area contributed by atoms with Crippen LogP contribution in [0, 0.1) is 0 Å². The van der Waals surface area contributed by atoms with E-state index >= 15 is 0 Å². The first-order valence-electron chi connectivity index (χ1n) is 19.9. The Bertz CT molecular complexity index is 2290. The number of esters is 5. The lowest BCUT2D eigenvalue weighted by Crippen LogP contribution is -2.36. The van der Waals surface area contributed by atoms with Crippen LogP contribution in [0.2, 0.25) is 0 Å². The molecule has 18 nitrogen and oxygen atoms in total. The average molecular weight is 883 g/mol. The van der Waals surface area contributed by atoms with Crippen LogP contribution in [-0.4, -0.2) is 100 Å². The van der Waals surface area contributed by atoms with Gasteiger partial charge in [-0.25, -0.2) is 33.6 Å². The number of methoxy groups -OCH3 is 1. The fourth-order valence-electron chi connectivity index (χ4n) is 6.22. The molecule has 0 aromatic heterocycles. The van der Waals surface area contributed by atoms with Crippen LogP contribution in [0.1, 0.15) is 67.1 Å². The SMILES string of the molecule is C=CC(=O)OCCCCCCOC(=O)Oc1ccc(C(=O)Oc2ccc(C(=O)O[C@H]3COC4C3OC[C@H]4OC(=O)c3ccc(OC(=O)c4ccc(OC(=O)OC)cc4)cc3)cc2)cc1. The number of benzene rings is 4. The molecule has 4 aromatic carbocycles. The Morgan fingerprint density at radius 2 is 0.859 bits per heavy atom. The van der Waals surface area contributed by atoms with E-state index in [1.54, 1.807) is 0 Å². The number of unbranched alkanes of at least 4 members (excludes halogenated alkanes) is 3. The first-order valence-corrected chi connectivity index (χ1v) is 19.9. The molecular formula is C46H42O18. The summed E-state index contributed by atoms with van der Waals surface area (Å²) in [6.07, 6.45) is -0.820. The van der Waals surface area contributed by atoms with E-state index in [1.807, 2.05) is 0 Å². The van der Waals surface area contributed by atoms with Gasteiger partial charge in [-0.05, 0) is 123 Å². The molecule has 0 aliphatic carbocycles. The monoisotopic (exact) mass is 882 g/mol. The summed E-state index contributed by atoms with van der Waals surface area (Å²) >= 11 is 0. The topological polar surface area (TPSA) is 221 Å². The molecule has 2 fully saturated rings. The van der Waals surface area contributed by atoms with Gasteiger partial charge in [0.25, 0.3) is 0 Å². The Kier molecular flexibility index (Phi) is 16.2. The Labute approximate surface area is 365 Å². The van der Waals surface area contributed by atoms with Crippen molar-refractivity contribution < 1.29 is 85.7 Å². The van der Waals surface area contributed by atoms with Crippen LogP contribution >= 0.6 is 0 Å². The van der Waals surface area contributed by atoms with Crippen LogP contribution in [0.3, 0.4) is 0 Å². The van der Waals surface area contributed by atoms with E-state index in [0.717, 1.165) is 18.9 Å². The zero-order valence-corrected chi connectivity index (χ0v) is 34.3. The second-order valence-corrected chi connectivity index (χ2v) is 13.9. The average Bonchev–Trinajstić information content (AvgIpc) is 3.90. The molecule has 0 saturated carbocycles. The minimum atomic E-state index is -0.900. The summed E-state index contributed by atoms with van der Waals surface area (Å²) in [6.45, 7) is 3.77. The molecule has 334 valence electrons. The van der Waals surface area contributed by atoms with Gasteiger partial charge in [-0.2, -0.15) is 0 Å². The van der Waals surface area contributed by atoms with E-state index in [9.17, 15) is 33.6 Å². The van der Waals surface area contributed by atoms with Crippen molar-refractivity contribution in [1.82, 2.24) is 0 Å². The minimum Gasteiger partial charge on any atom is -0.463 e. The number of hydrogen-bond acceptors (Lipinski definition) is 18. The highest BCUT2D eigenvalue weighted by molar-refractivity contribution is 5.93. The Morgan fingerprint density at radius 3 is 1.25 bits per heavy atom. The molecule has 2 saturated heterocycles. The smallest absolute Gasteiger partial charge is 0.463 e. The first-order chi connectivity index (χ1) is 31.0. The molecule has 4 atom stereocenters. The van der Waals surface area contributed by atoms with Gasteiger partial charge in [0.15, 0.2) is 12.2 Å². The predicted molar refractivity (Wildman–Crippen MR) is 218 cm³/mol. The van der Waals surface area contributed by atoms with Crippen molar-refractivity contribution >= 4 is 42.2 Å². The summed E-state index contributed by atoms with van der Waals surface area (Å²) in [5.74, 6) is -2.54. The third kappa shape index (κ3) is 13.0. The summed E-state index contributed by atoms with van der Waals surface area (Å²) in [6, 6.07) is 22.7. The van der Waals surface area contributed by atoms with Crippen molar-refractivity contribution in [2.75, 3.05) is 33.5 Å². The van der Waals surface area contributed by atoms with Gasteiger partial charge in [-0.1, -0.05) is 6.58 Å². The standard InChI is InChI=1S/C46H42O18/c1-3-38(47)55-24-6-4-5-7-25-56-46(53)62-35-22-14-29(15-23-35)42(49)60-33-18-10-31(11-19-33)44(51)64-37-27-58-39-36(26-57-40(37)39)63-43(50)30-8-16-32(17-9-30)59-41(48)28-12-20-34(21-13-28)61-45(52)54-2/h3,8-23,36-37,39-40H,1,4-7,24-27H2,2H3/t36-,37+,39?,40?/m1/s1. The second-order valence-electron chi connectivity index (χ2n) is 13.9. The molecule has 0 radical (unpaired) electrons. The lowest BCUT2D eigenvalue weighted by Gasteiger charge is -2.17. The van der Waals surface area contributed by atoms with E-state index < -0.39 is 66.6 Å². The third-order valence-corrected chi connectivity index (χ3v) is 9.50. The van der Waals surface area contributed by atoms with Crippen molar-refractivity contribution in [1.29, 1.82) is 0 Å². The molecule has 2 unspecified atom stereocenters. The quantitative estimate of drug-likeness (QED) is 0.0256. The van der Waals surface area contributed by atoms with Crippen LogP contribution in [0.25, 0.3) is 0 Å². The second kappa shape index (κ2) is 22.5. The van der Waals surface area contributed by atoms with Crippen molar-refractivity contribution in [3.63, 3.8) is 0 Å². The van der Waals surface area contributed by atoms with Gasteiger partial charge < -0.3 is 52.1 Å². The molecule has 2 aliphatic heterocycles. The summed E-state index contributed by atoms with van der Waals surface area (Å²) in [5.41, 5.74) is 0.703. The van der Waals surface area contributed by atoms with Gasteiger partial charge in [-0.15, -0.1) is 0 Å². The van der Waals surface area contributed by atoms with Crippen LogP contribution in [0.4, 0.5) is 9.59 Å². The zero-order chi connectivity index (χ0) is 45.4. The maximum absolute atomic E-state index is 13.0. The van der Waals surface area contributed by atoms with E-state index in [0.29, 0.717) is 19.4 Å². The molecule has 0 amide bonds. The van der Waals surface area contributed by atoms with Crippen LogP contribution < -0.4 is 18.9 Å². The highest BCUT2D eigenvalue weighted by Gasteiger charge is 2.51. The summed E-state index contributed by atoms with van der Waals surface area (Å²) in [4.78, 5) is 85.7. The Balaban J connectivity index is 0.889. The van der Waals surface area contributed by atoms with Gasteiger partial charge in [-0.3, -0.25) is 0 Å². The van der Waals surface area contributed by atoms with E-state index in [2.05, 4.69) is 11.3 Å². The van der Waals surface area contributed by atoms with Crippen molar-refractivity contribution in [3.05, 3.63) is 132 Å². The van der Waals surface area contributed by atoms with Crippen molar-refractivity contribution in [3.8, 4) is 23.0 Å². The van der Waals surface area contributed by atoms with Gasteiger partial charge in [0.1, 0.15) is 35.2 Å². The molecule has 2 heterocycles. The third-order valence-electron chi connectivity index (χ3n) is 9.50. The zero-order valence-electron chi connectivity index (χ0n) is 34.3. The molecule has 2 aliphatic rings. The molecule has 6 rings (SSSR count). The van der Waals surface area contributed by atoms with Crippen LogP contribution in [0.15, 0.2) is 110 Å². The summed E-state index contributed by atoms with van der Waals surface area (Å²) < 4.78 is 58.2. The Morgan fingerprint density at radius 1 is 0.500 bits per heavy atom. The van der Waals surface area contributed by atoms with Crippen molar-refractivity contribution in [2.24, 2.45) is 0 Å². The van der Waals surface area contributed by atoms with E-state index in [-0.39, 0.29) is 65.1 Å². The van der Waals surface area contributed by atoms with Gasteiger partial charge in [0.05, 0.1) is 55.8 Å². The minimum absolute atomic E-state index is 0.00207. The molecule has 64 heavy (non-hydrogen) atoms. The normalized spacial score (nSPS) is 17.1. The van der Waals surface area contributed by atoms with Crippen LogP contribution in [-0.2, 0) is 38.0 Å². The number of rotatable bonds is 18. The summed E-state index contributed by atoms with van der Waals surface area (Å²) in [5, 5.41) is 0. The molecule has 0 bridgehead atoms. The molecule has 0 spiro atoms. The first kappa shape index (κ1) is 45.9.